The van der Waals surface area contributed by atoms with E-state index >= 15 is 0 Å². The Balaban J connectivity index is 1.32. The Morgan fingerprint density at radius 3 is 2.61 bits per heavy atom. The van der Waals surface area contributed by atoms with E-state index in [9.17, 15) is 4.79 Å². The lowest BCUT2D eigenvalue weighted by Gasteiger charge is -2.15. The fourth-order valence-corrected chi connectivity index (χ4v) is 4.51. The molecule has 0 saturated heterocycles. The third kappa shape index (κ3) is 5.91. The van der Waals surface area contributed by atoms with E-state index in [0.29, 0.717) is 35.5 Å². The van der Waals surface area contributed by atoms with E-state index in [1.54, 1.807) is 6.07 Å². The summed E-state index contributed by atoms with van der Waals surface area (Å²) in [5.74, 6) is 1.05. The average Bonchev–Trinajstić information content (AvgIpc) is 3.64. The molecule has 1 aromatic carbocycles. The number of imidazole rings is 1. The van der Waals surface area contributed by atoms with Gasteiger partial charge in [-0.3, -0.25) is 10.2 Å². The van der Waals surface area contributed by atoms with Crippen molar-refractivity contribution in [2.24, 2.45) is 5.73 Å². The number of rotatable bonds is 11. The van der Waals surface area contributed by atoms with Crippen LogP contribution in [-0.2, 0) is 24.4 Å². The van der Waals surface area contributed by atoms with Crippen molar-refractivity contribution in [2.45, 2.75) is 58.6 Å². The molecule has 1 aliphatic rings. The van der Waals surface area contributed by atoms with Crippen LogP contribution in [0.5, 0.6) is 5.88 Å². The monoisotopic (exact) mass is 513 g/mol. The van der Waals surface area contributed by atoms with Crippen LogP contribution in [0.15, 0.2) is 42.7 Å². The maximum atomic E-state index is 11.1. The number of nitrogen functional groups attached to an aromatic ring is 1. The van der Waals surface area contributed by atoms with Gasteiger partial charge in [-0.05, 0) is 73.1 Å². The number of fused-ring (bicyclic) bond motifs is 1. The van der Waals surface area contributed by atoms with Crippen LogP contribution in [0.25, 0.3) is 5.65 Å². The molecule has 196 valence electrons. The fourth-order valence-electron chi connectivity index (χ4n) is 4.51. The number of aliphatic carboxylic acids is 1. The number of hydrogen-bond acceptors (Lipinski definition) is 7. The van der Waals surface area contributed by atoms with Gasteiger partial charge in [0.2, 0.25) is 5.88 Å². The molecule has 0 spiro atoms. The number of ether oxygens (including phenoxy) is 1. The molecule has 1 aliphatic carbocycles. The normalized spacial score (nSPS) is 13.0. The van der Waals surface area contributed by atoms with Crippen molar-refractivity contribution in [1.82, 2.24) is 19.4 Å². The second-order valence-corrected chi connectivity index (χ2v) is 9.78. The summed E-state index contributed by atoms with van der Waals surface area (Å²) in [6.07, 6.45) is 6.69. The van der Waals surface area contributed by atoms with Gasteiger partial charge in [-0.1, -0.05) is 6.07 Å². The van der Waals surface area contributed by atoms with Crippen molar-refractivity contribution in [3.63, 3.8) is 0 Å². The molecule has 3 aromatic heterocycles. The molecular weight excluding hydrogens is 482 g/mol. The molecule has 0 aliphatic heterocycles. The molecule has 0 bridgehead atoms. The average molecular weight is 514 g/mol. The molecule has 10 heteroatoms. The molecule has 5 N–H and O–H groups in total. The van der Waals surface area contributed by atoms with Crippen LogP contribution in [0.2, 0.25) is 0 Å². The molecule has 1 fully saturated rings. The smallest absolute Gasteiger partial charge is 0.303 e. The molecular formula is C28H31N7O3. The number of carboxylic acids is 1. The van der Waals surface area contributed by atoms with Gasteiger partial charge in [0, 0.05) is 37.0 Å². The second kappa shape index (κ2) is 10.5. The van der Waals surface area contributed by atoms with Crippen LogP contribution in [0, 0.1) is 19.3 Å². The topological polar surface area (TPSA) is 152 Å². The number of aryl methyl sites for hydroxylation is 3. The number of anilines is 1. The first-order chi connectivity index (χ1) is 18.2. The Morgan fingerprint density at radius 1 is 1.16 bits per heavy atom. The summed E-state index contributed by atoms with van der Waals surface area (Å²) >= 11 is 0. The van der Waals surface area contributed by atoms with E-state index in [4.69, 9.17) is 21.0 Å². The van der Waals surface area contributed by atoms with Crippen molar-refractivity contribution >= 4 is 23.3 Å². The van der Waals surface area contributed by atoms with Gasteiger partial charge in [0.25, 0.3) is 0 Å². The summed E-state index contributed by atoms with van der Waals surface area (Å²) in [7, 11) is 0. The zero-order valence-electron chi connectivity index (χ0n) is 21.5. The van der Waals surface area contributed by atoms with Gasteiger partial charge in [0.05, 0.1) is 12.1 Å². The SMILES string of the molecule is Cc1cc(C(=N)N)cc(C)c1CNc1cc(OCc2cn3cc(C4CC4)ccc3n2)nc(CCC(=O)O)n1. The predicted molar refractivity (Wildman–Crippen MR) is 144 cm³/mol. The van der Waals surface area contributed by atoms with E-state index in [2.05, 4.69) is 32.5 Å². The lowest BCUT2D eigenvalue weighted by Crippen LogP contribution is -2.13. The predicted octanol–water partition coefficient (Wildman–Crippen LogP) is 4.11. The highest BCUT2D eigenvalue weighted by molar-refractivity contribution is 5.95. The third-order valence-corrected chi connectivity index (χ3v) is 6.71. The van der Waals surface area contributed by atoms with E-state index in [-0.39, 0.29) is 25.3 Å². The van der Waals surface area contributed by atoms with Crippen molar-refractivity contribution in [2.75, 3.05) is 5.32 Å². The first kappa shape index (κ1) is 25.2. The van der Waals surface area contributed by atoms with E-state index in [1.165, 1.54) is 18.4 Å². The van der Waals surface area contributed by atoms with Crippen LogP contribution >= 0.6 is 0 Å². The Kier molecular flexibility index (Phi) is 6.95. The summed E-state index contributed by atoms with van der Waals surface area (Å²) in [4.78, 5) is 24.7. The number of hydrogen-bond donors (Lipinski definition) is 4. The number of nitrogens with zero attached hydrogens (tertiary/aromatic N) is 4. The minimum absolute atomic E-state index is 0.0327. The van der Waals surface area contributed by atoms with Gasteiger partial charge in [-0.25, -0.2) is 9.97 Å². The first-order valence-electron chi connectivity index (χ1n) is 12.6. The van der Waals surface area contributed by atoms with Crippen molar-refractivity contribution < 1.29 is 14.6 Å². The minimum atomic E-state index is -0.915. The van der Waals surface area contributed by atoms with Gasteiger partial charge in [-0.2, -0.15) is 4.98 Å². The lowest BCUT2D eigenvalue weighted by atomic mass is 9.99. The van der Waals surface area contributed by atoms with Crippen LogP contribution in [0.4, 0.5) is 5.82 Å². The number of pyridine rings is 1. The van der Waals surface area contributed by atoms with E-state index in [1.807, 2.05) is 42.6 Å². The maximum absolute atomic E-state index is 11.1. The summed E-state index contributed by atoms with van der Waals surface area (Å²) in [5, 5.41) is 20.1. The molecule has 38 heavy (non-hydrogen) atoms. The van der Waals surface area contributed by atoms with Gasteiger partial charge < -0.3 is 25.3 Å². The van der Waals surface area contributed by atoms with E-state index < -0.39 is 5.97 Å². The van der Waals surface area contributed by atoms with Crippen molar-refractivity contribution in [3.05, 3.63) is 82.1 Å². The van der Waals surface area contributed by atoms with Crippen LogP contribution in [-0.4, -0.2) is 36.3 Å². The summed E-state index contributed by atoms with van der Waals surface area (Å²) in [6, 6.07) is 9.66. The lowest BCUT2D eigenvalue weighted by molar-refractivity contribution is -0.137. The second-order valence-electron chi connectivity index (χ2n) is 9.78. The molecule has 5 rings (SSSR count). The number of benzene rings is 1. The highest BCUT2D eigenvalue weighted by Crippen LogP contribution is 2.39. The number of amidine groups is 1. The third-order valence-electron chi connectivity index (χ3n) is 6.71. The zero-order valence-corrected chi connectivity index (χ0v) is 21.5. The highest BCUT2D eigenvalue weighted by atomic mass is 16.5. The van der Waals surface area contributed by atoms with Crippen LogP contribution in [0.3, 0.4) is 0 Å². The summed E-state index contributed by atoms with van der Waals surface area (Å²) in [6.45, 7) is 4.66. The number of nitrogens with one attached hydrogen (secondary N) is 2. The van der Waals surface area contributed by atoms with Gasteiger partial charge in [-0.15, -0.1) is 0 Å². The number of carbonyl (C=O) groups is 1. The molecule has 0 radical (unpaired) electrons. The van der Waals surface area contributed by atoms with Crippen LogP contribution < -0.4 is 15.8 Å². The molecule has 1 saturated carbocycles. The summed E-state index contributed by atoms with van der Waals surface area (Å²) < 4.78 is 8.02. The first-order valence-corrected chi connectivity index (χ1v) is 12.6. The Labute approximate surface area is 220 Å². The quantitative estimate of drug-likeness (QED) is 0.173. The van der Waals surface area contributed by atoms with Crippen molar-refractivity contribution in [1.29, 1.82) is 5.41 Å². The highest BCUT2D eigenvalue weighted by Gasteiger charge is 2.23. The Bertz CT molecular complexity index is 1500. The maximum Gasteiger partial charge on any atom is 0.303 e. The number of nitrogens with two attached hydrogens (primary N) is 1. The van der Waals surface area contributed by atoms with Crippen molar-refractivity contribution in [3.8, 4) is 5.88 Å². The Hall–Kier alpha value is -4.47. The number of carboxylic acid groups (broad SMARTS) is 1. The van der Waals surface area contributed by atoms with Crippen LogP contribution in [0.1, 0.15) is 64.5 Å². The standard InChI is InChI=1S/C28H31N7O3/c1-16-9-20(28(29)30)10-17(2)22(16)12-31-24-11-26(34-23(33-24)6-8-27(36)37)38-15-21-14-35-13-19(18-3-4-18)5-7-25(35)32-21/h5,7,9-11,13-14,18H,3-4,6,8,12,15H2,1-2H3,(H3,29,30)(H,36,37)(H,31,33,34). The van der Waals surface area contributed by atoms with Gasteiger partial charge in [0.15, 0.2) is 0 Å². The largest absolute Gasteiger partial charge is 0.481 e. The molecule has 3 heterocycles. The Morgan fingerprint density at radius 2 is 1.92 bits per heavy atom. The fraction of sp³-hybridized carbons (Fsp3) is 0.321. The van der Waals surface area contributed by atoms with Gasteiger partial charge in [0.1, 0.15) is 29.7 Å². The molecule has 0 amide bonds. The zero-order chi connectivity index (χ0) is 26.8. The number of aromatic nitrogens is 4. The van der Waals surface area contributed by atoms with E-state index in [0.717, 1.165) is 28.0 Å². The van der Waals surface area contributed by atoms with Gasteiger partial charge >= 0.3 is 5.97 Å². The summed E-state index contributed by atoms with van der Waals surface area (Å²) in [5.41, 5.74) is 12.4. The minimum Gasteiger partial charge on any atom is -0.481 e. The molecule has 0 atom stereocenters. The molecule has 10 nitrogen and oxygen atoms in total. The molecule has 4 aromatic rings. The molecule has 0 unspecified atom stereocenters.